The number of fused-ring (bicyclic) bond motifs is 1. The number of aryl methyl sites for hydroxylation is 1. The zero-order valence-corrected chi connectivity index (χ0v) is 20.0. The van der Waals surface area contributed by atoms with Crippen LogP contribution in [0.25, 0.3) is 17.0 Å². The predicted octanol–water partition coefficient (Wildman–Crippen LogP) is 5.65. The molecule has 3 heterocycles. The van der Waals surface area contributed by atoms with Crippen molar-refractivity contribution in [3.63, 3.8) is 0 Å². The number of nitrogens with zero attached hydrogens (tertiary/aromatic N) is 3. The van der Waals surface area contributed by atoms with Gasteiger partial charge in [-0.3, -0.25) is 14.6 Å². The zero-order chi connectivity index (χ0) is 24.4. The Morgan fingerprint density at radius 3 is 2.46 bits per heavy atom. The van der Waals surface area contributed by atoms with E-state index in [1.165, 1.54) is 6.08 Å². The fraction of sp³-hybridized carbons (Fsp3) is 0.179. The summed E-state index contributed by atoms with van der Waals surface area (Å²) >= 11 is 6.12. The van der Waals surface area contributed by atoms with Crippen LogP contribution in [0.4, 0.5) is 5.69 Å². The number of carbonyl (C=O) groups is 2. The summed E-state index contributed by atoms with van der Waals surface area (Å²) in [4.78, 5) is 33.8. The molecule has 1 aliphatic rings. The molecule has 1 amide bonds. The molecule has 2 aromatic carbocycles. The summed E-state index contributed by atoms with van der Waals surface area (Å²) in [5.74, 6) is 0.827. The van der Waals surface area contributed by atoms with E-state index in [1.54, 1.807) is 43.5 Å². The molecule has 1 fully saturated rings. The van der Waals surface area contributed by atoms with Gasteiger partial charge in [0.15, 0.2) is 5.76 Å². The number of amides is 1. The number of halogens is 1. The van der Waals surface area contributed by atoms with Crippen LogP contribution >= 0.6 is 11.6 Å². The lowest BCUT2D eigenvalue weighted by atomic mass is 10.1. The topological polar surface area (TPSA) is 66.7 Å². The molecule has 0 radical (unpaired) electrons. The van der Waals surface area contributed by atoms with E-state index < -0.39 is 0 Å². The van der Waals surface area contributed by atoms with Gasteiger partial charge in [-0.1, -0.05) is 29.8 Å². The molecular weight excluding hydrogens is 462 g/mol. The molecule has 2 aromatic heterocycles. The molecule has 1 saturated heterocycles. The van der Waals surface area contributed by atoms with Crippen molar-refractivity contribution in [1.82, 2.24) is 9.88 Å². The first kappa shape index (κ1) is 22.9. The Bertz CT molecular complexity index is 1420. The molecule has 0 N–H and O–H groups in total. The van der Waals surface area contributed by atoms with Gasteiger partial charge >= 0.3 is 0 Å². The monoisotopic (exact) mass is 485 g/mol. The highest BCUT2D eigenvalue weighted by Crippen LogP contribution is 2.28. The molecule has 0 bridgehead atoms. The highest BCUT2D eigenvalue weighted by atomic mass is 35.5. The summed E-state index contributed by atoms with van der Waals surface area (Å²) in [5, 5.41) is 1.72. The fourth-order valence-corrected chi connectivity index (χ4v) is 4.44. The van der Waals surface area contributed by atoms with Gasteiger partial charge < -0.3 is 14.2 Å². The van der Waals surface area contributed by atoms with Crippen LogP contribution in [0.5, 0.6) is 0 Å². The fourth-order valence-electron chi connectivity index (χ4n) is 4.27. The van der Waals surface area contributed by atoms with Crippen LogP contribution in [0.1, 0.15) is 32.2 Å². The van der Waals surface area contributed by atoms with E-state index in [0.29, 0.717) is 35.2 Å². The second kappa shape index (κ2) is 9.76. The van der Waals surface area contributed by atoms with Crippen LogP contribution in [0.2, 0.25) is 5.02 Å². The van der Waals surface area contributed by atoms with Crippen molar-refractivity contribution >= 4 is 46.0 Å². The molecule has 4 aromatic rings. The molecular formula is C28H24ClN3O3. The Balaban J connectivity index is 1.21. The van der Waals surface area contributed by atoms with Gasteiger partial charge in [0.1, 0.15) is 5.76 Å². The molecule has 0 atom stereocenters. The molecule has 7 heteroatoms. The maximum atomic E-state index is 13.1. The van der Waals surface area contributed by atoms with Crippen molar-refractivity contribution in [2.24, 2.45) is 0 Å². The molecule has 6 nitrogen and oxygen atoms in total. The number of rotatable bonds is 5. The van der Waals surface area contributed by atoms with Gasteiger partial charge in [0.2, 0.25) is 5.78 Å². The average Bonchev–Trinajstić information content (AvgIpc) is 3.33. The van der Waals surface area contributed by atoms with Gasteiger partial charge in [0, 0.05) is 54.0 Å². The van der Waals surface area contributed by atoms with Gasteiger partial charge in [-0.25, -0.2) is 0 Å². The average molecular weight is 486 g/mol. The maximum Gasteiger partial charge on any atom is 0.253 e. The Morgan fingerprint density at radius 1 is 0.971 bits per heavy atom. The number of allylic oxidation sites excluding steroid dienone is 1. The highest BCUT2D eigenvalue weighted by molar-refractivity contribution is 6.31. The third kappa shape index (κ3) is 4.98. The SMILES string of the molecule is Cc1ccc(C(=O)/C=C/c2ccc(C(=O)N3CCN(c4ccnc5cc(Cl)ccc45)CC3)cc2)o1. The number of hydrogen-bond acceptors (Lipinski definition) is 5. The number of anilines is 1. The van der Waals surface area contributed by atoms with Crippen LogP contribution in [0, 0.1) is 6.92 Å². The Morgan fingerprint density at radius 2 is 1.74 bits per heavy atom. The third-order valence-corrected chi connectivity index (χ3v) is 6.39. The minimum Gasteiger partial charge on any atom is -0.458 e. The van der Waals surface area contributed by atoms with Crippen molar-refractivity contribution < 1.29 is 14.0 Å². The van der Waals surface area contributed by atoms with E-state index in [2.05, 4.69) is 9.88 Å². The number of aromatic nitrogens is 1. The van der Waals surface area contributed by atoms with E-state index in [-0.39, 0.29) is 11.7 Å². The summed E-state index contributed by atoms with van der Waals surface area (Å²) in [6.45, 7) is 4.54. The summed E-state index contributed by atoms with van der Waals surface area (Å²) in [7, 11) is 0. The Kier molecular flexibility index (Phi) is 6.38. The van der Waals surface area contributed by atoms with Crippen molar-refractivity contribution in [1.29, 1.82) is 0 Å². The largest absolute Gasteiger partial charge is 0.458 e. The lowest BCUT2D eigenvalue weighted by Crippen LogP contribution is -2.48. The molecule has 0 aliphatic carbocycles. The lowest BCUT2D eigenvalue weighted by molar-refractivity contribution is 0.0746. The normalized spacial score (nSPS) is 14.1. The van der Waals surface area contributed by atoms with Crippen LogP contribution in [0.3, 0.4) is 0 Å². The molecule has 5 rings (SSSR count). The van der Waals surface area contributed by atoms with Crippen molar-refractivity contribution in [2.45, 2.75) is 6.92 Å². The number of benzene rings is 2. The van der Waals surface area contributed by atoms with Crippen LogP contribution < -0.4 is 4.90 Å². The third-order valence-electron chi connectivity index (χ3n) is 6.16. The second-order valence-corrected chi connectivity index (χ2v) is 8.94. The molecule has 0 unspecified atom stereocenters. The highest BCUT2D eigenvalue weighted by Gasteiger charge is 2.23. The van der Waals surface area contributed by atoms with E-state index in [1.807, 2.05) is 41.3 Å². The van der Waals surface area contributed by atoms with E-state index in [0.717, 1.165) is 35.2 Å². The molecule has 0 saturated carbocycles. The van der Waals surface area contributed by atoms with E-state index >= 15 is 0 Å². The molecule has 1 aliphatic heterocycles. The van der Waals surface area contributed by atoms with E-state index in [9.17, 15) is 9.59 Å². The van der Waals surface area contributed by atoms with E-state index in [4.69, 9.17) is 16.0 Å². The zero-order valence-electron chi connectivity index (χ0n) is 19.3. The smallest absolute Gasteiger partial charge is 0.253 e. The predicted molar refractivity (Wildman–Crippen MR) is 138 cm³/mol. The van der Waals surface area contributed by atoms with Gasteiger partial charge in [0.25, 0.3) is 5.91 Å². The van der Waals surface area contributed by atoms with Crippen LogP contribution in [0.15, 0.2) is 77.4 Å². The summed E-state index contributed by atoms with van der Waals surface area (Å²) in [5.41, 5.74) is 3.44. The van der Waals surface area contributed by atoms with Crippen LogP contribution in [-0.2, 0) is 0 Å². The number of pyridine rings is 1. The Hall–Kier alpha value is -3.90. The minimum absolute atomic E-state index is 0.00804. The van der Waals surface area contributed by atoms with Gasteiger partial charge in [-0.05, 0) is 67.1 Å². The number of hydrogen-bond donors (Lipinski definition) is 0. The van der Waals surface area contributed by atoms with Gasteiger partial charge in [-0.2, -0.15) is 0 Å². The van der Waals surface area contributed by atoms with Crippen LogP contribution in [-0.4, -0.2) is 47.8 Å². The standard InChI is InChI=1S/C28H24ClN3O3/c1-19-2-11-27(35-19)26(33)10-5-20-3-6-21(7-4-20)28(34)32-16-14-31(15-17-32)25-12-13-30-24-18-22(29)8-9-23(24)25/h2-13,18H,14-17H2,1H3/b10-5+. The molecule has 0 spiro atoms. The minimum atomic E-state index is -0.193. The first-order valence-electron chi connectivity index (χ1n) is 11.5. The lowest BCUT2D eigenvalue weighted by Gasteiger charge is -2.36. The van der Waals surface area contributed by atoms with Gasteiger partial charge in [0.05, 0.1) is 5.52 Å². The molecule has 35 heavy (non-hydrogen) atoms. The first-order chi connectivity index (χ1) is 17.0. The first-order valence-corrected chi connectivity index (χ1v) is 11.8. The maximum absolute atomic E-state index is 13.1. The Labute approximate surface area is 208 Å². The van der Waals surface area contributed by atoms with Crippen molar-refractivity contribution in [3.05, 3.63) is 101 Å². The number of piperazine rings is 1. The van der Waals surface area contributed by atoms with Gasteiger partial charge in [-0.15, -0.1) is 0 Å². The summed E-state index contributed by atoms with van der Waals surface area (Å²) in [6.07, 6.45) is 5.00. The number of carbonyl (C=O) groups excluding carboxylic acids is 2. The number of furan rings is 1. The number of ketones is 1. The van der Waals surface area contributed by atoms with Crippen molar-refractivity contribution in [2.75, 3.05) is 31.1 Å². The summed E-state index contributed by atoms with van der Waals surface area (Å²) < 4.78 is 5.35. The summed E-state index contributed by atoms with van der Waals surface area (Å²) in [6, 6.07) is 18.5. The molecule has 176 valence electrons. The second-order valence-electron chi connectivity index (χ2n) is 8.50. The quantitative estimate of drug-likeness (QED) is 0.270. The van der Waals surface area contributed by atoms with Crippen molar-refractivity contribution in [3.8, 4) is 0 Å².